The van der Waals surface area contributed by atoms with Crippen molar-refractivity contribution in [3.05, 3.63) is 18.1 Å². The smallest absolute Gasteiger partial charge is 0.272 e. The molecule has 0 saturated heterocycles. The van der Waals surface area contributed by atoms with Gasteiger partial charge in [0.1, 0.15) is 0 Å². The van der Waals surface area contributed by atoms with Gasteiger partial charge in [-0.1, -0.05) is 0 Å². The van der Waals surface area contributed by atoms with Crippen LogP contribution in [0.25, 0.3) is 0 Å². The Hall–Kier alpha value is -1.69. The van der Waals surface area contributed by atoms with Crippen molar-refractivity contribution in [1.82, 2.24) is 9.97 Å². The molecule has 0 fully saturated rings. The Bertz CT molecular complexity index is 344. The van der Waals surface area contributed by atoms with E-state index in [0.29, 0.717) is 19.8 Å². The van der Waals surface area contributed by atoms with Gasteiger partial charge in [-0.15, -0.1) is 0 Å². The second kappa shape index (κ2) is 6.73. The second-order valence-corrected chi connectivity index (χ2v) is 2.97. The molecular weight excluding hydrogens is 210 g/mol. The molecule has 0 atom stereocenters. The van der Waals surface area contributed by atoms with E-state index in [0.717, 1.165) is 6.42 Å². The molecule has 0 bridgehead atoms. The van der Waals surface area contributed by atoms with Crippen molar-refractivity contribution in [2.45, 2.75) is 13.3 Å². The summed E-state index contributed by atoms with van der Waals surface area (Å²) < 4.78 is 10.4. The molecule has 0 unspecified atom stereocenters. The van der Waals surface area contributed by atoms with E-state index in [9.17, 15) is 4.79 Å². The minimum Gasteiger partial charge on any atom is -0.476 e. The van der Waals surface area contributed by atoms with Crippen LogP contribution in [0, 0.1) is 0 Å². The monoisotopic (exact) mass is 225 g/mol. The number of hydrogen-bond acceptors (Lipinski definition) is 5. The Balaban J connectivity index is 2.44. The summed E-state index contributed by atoms with van der Waals surface area (Å²) in [5.74, 6) is -0.473. The van der Waals surface area contributed by atoms with E-state index in [1.54, 1.807) is 0 Å². The lowest BCUT2D eigenvalue weighted by Crippen LogP contribution is -2.16. The number of nitrogens with two attached hydrogens (primary N) is 1. The minimum atomic E-state index is -0.645. The molecule has 0 radical (unpaired) electrons. The SMILES string of the molecule is CCOCCCOc1nccnc1C(N)=O. The topological polar surface area (TPSA) is 87.3 Å². The average molecular weight is 225 g/mol. The first-order chi connectivity index (χ1) is 7.75. The summed E-state index contributed by atoms with van der Waals surface area (Å²) in [5, 5.41) is 0. The van der Waals surface area contributed by atoms with E-state index >= 15 is 0 Å². The molecule has 0 aliphatic heterocycles. The number of amides is 1. The Kier molecular flexibility index (Phi) is 5.21. The van der Waals surface area contributed by atoms with E-state index in [2.05, 4.69) is 9.97 Å². The van der Waals surface area contributed by atoms with E-state index < -0.39 is 5.91 Å². The molecule has 1 heterocycles. The third-order valence-corrected chi connectivity index (χ3v) is 1.77. The van der Waals surface area contributed by atoms with Crippen LogP contribution in [0.3, 0.4) is 0 Å². The molecule has 0 aromatic carbocycles. The maximum absolute atomic E-state index is 11.0. The zero-order valence-electron chi connectivity index (χ0n) is 9.18. The third kappa shape index (κ3) is 3.82. The van der Waals surface area contributed by atoms with Crippen LogP contribution >= 0.6 is 0 Å². The van der Waals surface area contributed by atoms with Gasteiger partial charge in [0.05, 0.1) is 6.61 Å². The average Bonchev–Trinajstić information content (AvgIpc) is 2.29. The first-order valence-corrected chi connectivity index (χ1v) is 5.07. The Morgan fingerprint density at radius 3 is 2.81 bits per heavy atom. The number of ether oxygens (including phenoxy) is 2. The van der Waals surface area contributed by atoms with Crippen LogP contribution < -0.4 is 10.5 Å². The van der Waals surface area contributed by atoms with E-state index in [1.165, 1.54) is 12.4 Å². The highest BCUT2D eigenvalue weighted by Gasteiger charge is 2.11. The molecule has 0 spiro atoms. The van der Waals surface area contributed by atoms with Crippen LogP contribution in [0.2, 0.25) is 0 Å². The summed E-state index contributed by atoms with van der Waals surface area (Å²) in [6.07, 6.45) is 3.57. The zero-order chi connectivity index (χ0) is 11.8. The van der Waals surface area contributed by atoms with Crippen LogP contribution in [0.1, 0.15) is 23.8 Å². The van der Waals surface area contributed by atoms with Gasteiger partial charge >= 0.3 is 0 Å². The first kappa shape index (κ1) is 12.4. The molecule has 1 amide bonds. The highest BCUT2D eigenvalue weighted by Crippen LogP contribution is 2.10. The van der Waals surface area contributed by atoms with Crippen molar-refractivity contribution in [2.75, 3.05) is 19.8 Å². The van der Waals surface area contributed by atoms with Crippen LogP contribution in [0.4, 0.5) is 0 Å². The summed E-state index contributed by atoms with van der Waals surface area (Å²) in [5.41, 5.74) is 5.17. The number of aromatic nitrogens is 2. The molecule has 6 nitrogen and oxygen atoms in total. The van der Waals surface area contributed by atoms with Gasteiger partial charge in [-0.3, -0.25) is 4.79 Å². The van der Waals surface area contributed by atoms with Gasteiger partial charge in [-0.25, -0.2) is 9.97 Å². The van der Waals surface area contributed by atoms with Crippen LogP contribution in [-0.2, 0) is 4.74 Å². The van der Waals surface area contributed by atoms with Gasteiger partial charge in [0.2, 0.25) is 5.88 Å². The fourth-order valence-electron chi connectivity index (χ4n) is 1.07. The van der Waals surface area contributed by atoms with Crippen LogP contribution in [0.5, 0.6) is 5.88 Å². The first-order valence-electron chi connectivity index (χ1n) is 5.07. The van der Waals surface area contributed by atoms with Gasteiger partial charge in [0.25, 0.3) is 5.91 Å². The van der Waals surface area contributed by atoms with E-state index in [1.807, 2.05) is 6.92 Å². The molecule has 2 N–H and O–H groups in total. The minimum absolute atomic E-state index is 0.0545. The Morgan fingerprint density at radius 2 is 2.12 bits per heavy atom. The molecule has 0 saturated carbocycles. The Morgan fingerprint density at radius 1 is 1.38 bits per heavy atom. The van der Waals surface area contributed by atoms with Crippen molar-refractivity contribution in [2.24, 2.45) is 5.73 Å². The van der Waals surface area contributed by atoms with Gasteiger partial charge in [0, 0.05) is 32.0 Å². The standard InChI is InChI=1S/C10H15N3O3/c1-2-15-6-3-7-16-10-8(9(11)14)12-4-5-13-10/h4-5H,2-3,6-7H2,1H3,(H2,11,14). The summed E-state index contributed by atoms with van der Waals surface area (Å²) >= 11 is 0. The number of carbonyl (C=O) groups excluding carboxylic acids is 1. The van der Waals surface area contributed by atoms with Crippen LogP contribution in [-0.4, -0.2) is 35.7 Å². The molecule has 0 aliphatic rings. The number of nitrogens with zero attached hydrogens (tertiary/aromatic N) is 2. The maximum Gasteiger partial charge on any atom is 0.272 e. The van der Waals surface area contributed by atoms with Crippen molar-refractivity contribution >= 4 is 5.91 Å². The highest BCUT2D eigenvalue weighted by molar-refractivity contribution is 5.92. The van der Waals surface area contributed by atoms with Crippen molar-refractivity contribution in [1.29, 1.82) is 0 Å². The van der Waals surface area contributed by atoms with Crippen molar-refractivity contribution < 1.29 is 14.3 Å². The van der Waals surface area contributed by atoms with E-state index in [-0.39, 0.29) is 11.6 Å². The lowest BCUT2D eigenvalue weighted by Gasteiger charge is -2.06. The summed E-state index contributed by atoms with van der Waals surface area (Å²) in [6.45, 7) is 3.63. The molecule has 16 heavy (non-hydrogen) atoms. The summed E-state index contributed by atoms with van der Waals surface area (Å²) in [6, 6.07) is 0. The van der Waals surface area contributed by atoms with Crippen LogP contribution in [0.15, 0.2) is 12.4 Å². The Labute approximate surface area is 93.8 Å². The largest absolute Gasteiger partial charge is 0.476 e. The number of rotatable bonds is 7. The fourth-order valence-corrected chi connectivity index (χ4v) is 1.07. The lowest BCUT2D eigenvalue weighted by atomic mass is 10.4. The summed E-state index contributed by atoms with van der Waals surface area (Å²) in [7, 11) is 0. The molecule has 0 aliphatic carbocycles. The molecule has 6 heteroatoms. The normalized spacial score (nSPS) is 10.1. The van der Waals surface area contributed by atoms with Gasteiger partial charge < -0.3 is 15.2 Å². The summed E-state index contributed by atoms with van der Waals surface area (Å²) in [4.78, 5) is 18.7. The molecule has 1 rings (SSSR count). The fraction of sp³-hybridized carbons (Fsp3) is 0.500. The number of carbonyl (C=O) groups is 1. The predicted octanol–water partition coefficient (Wildman–Crippen LogP) is 0.381. The van der Waals surface area contributed by atoms with Gasteiger partial charge in [0.15, 0.2) is 5.69 Å². The number of hydrogen-bond donors (Lipinski definition) is 1. The highest BCUT2D eigenvalue weighted by atomic mass is 16.5. The van der Waals surface area contributed by atoms with Gasteiger partial charge in [-0.2, -0.15) is 0 Å². The predicted molar refractivity (Wildman–Crippen MR) is 57.2 cm³/mol. The molecule has 1 aromatic rings. The number of primary amides is 1. The molecule has 88 valence electrons. The van der Waals surface area contributed by atoms with Gasteiger partial charge in [-0.05, 0) is 6.92 Å². The quantitative estimate of drug-likeness (QED) is 0.678. The van der Waals surface area contributed by atoms with E-state index in [4.69, 9.17) is 15.2 Å². The third-order valence-electron chi connectivity index (χ3n) is 1.77. The molecular formula is C10H15N3O3. The molecule has 1 aromatic heterocycles. The van der Waals surface area contributed by atoms with Crippen molar-refractivity contribution in [3.63, 3.8) is 0 Å². The lowest BCUT2D eigenvalue weighted by molar-refractivity contribution is 0.0988. The second-order valence-electron chi connectivity index (χ2n) is 2.97. The maximum atomic E-state index is 11.0. The van der Waals surface area contributed by atoms with Crippen molar-refractivity contribution in [3.8, 4) is 5.88 Å². The zero-order valence-corrected chi connectivity index (χ0v) is 9.18.